The molecule has 1 aromatic heterocycles. The van der Waals surface area contributed by atoms with Crippen molar-refractivity contribution in [2.45, 2.75) is 19.4 Å². The molecule has 1 unspecified atom stereocenters. The summed E-state index contributed by atoms with van der Waals surface area (Å²) in [6.07, 6.45) is 3.17. The van der Waals surface area contributed by atoms with Gasteiger partial charge in [-0.15, -0.1) is 0 Å². The van der Waals surface area contributed by atoms with E-state index >= 15 is 0 Å². The van der Waals surface area contributed by atoms with Crippen LogP contribution in [0.3, 0.4) is 0 Å². The summed E-state index contributed by atoms with van der Waals surface area (Å²) < 4.78 is 0. The van der Waals surface area contributed by atoms with Crippen molar-refractivity contribution in [2.75, 3.05) is 6.54 Å². The van der Waals surface area contributed by atoms with E-state index in [9.17, 15) is 0 Å². The lowest BCUT2D eigenvalue weighted by molar-refractivity contribution is 0.538. The lowest BCUT2D eigenvalue weighted by atomic mass is 10.0. The predicted molar refractivity (Wildman–Crippen MR) is 40.9 cm³/mol. The van der Waals surface area contributed by atoms with E-state index in [4.69, 9.17) is 0 Å². The van der Waals surface area contributed by atoms with Gasteiger partial charge in [-0.1, -0.05) is 0 Å². The van der Waals surface area contributed by atoms with E-state index in [1.165, 1.54) is 11.3 Å². The number of H-pyrrole nitrogens is 1. The van der Waals surface area contributed by atoms with Crippen LogP contribution >= 0.6 is 0 Å². The Balaban J connectivity index is 2.41. The molecule has 54 valence electrons. The first kappa shape index (κ1) is 5.98. The Kier molecular flexibility index (Phi) is 1.27. The summed E-state index contributed by atoms with van der Waals surface area (Å²) in [6, 6.07) is 2.70. The highest BCUT2D eigenvalue weighted by Crippen LogP contribution is 2.20. The molecule has 0 bridgehead atoms. The van der Waals surface area contributed by atoms with Gasteiger partial charge in [0, 0.05) is 30.9 Å². The van der Waals surface area contributed by atoms with Crippen molar-refractivity contribution >= 4 is 0 Å². The summed E-state index contributed by atoms with van der Waals surface area (Å²) >= 11 is 0. The van der Waals surface area contributed by atoms with Gasteiger partial charge in [0.1, 0.15) is 0 Å². The highest BCUT2D eigenvalue weighted by Gasteiger charge is 2.14. The number of hydrogen-bond acceptors (Lipinski definition) is 1. The zero-order valence-electron chi connectivity index (χ0n) is 6.15. The number of nitrogens with one attached hydrogen (secondary N) is 2. The third-order valence-corrected chi connectivity index (χ3v) is 2.16. The first-order valence-corrected chi connectivity index (χ1v) is 3.77. The zero-order valence-corrected chi connectivity index (χ0v) is 6.15. The number of aromatic amines is 1. The molecule has 1 aliphatic heterocycles. The monoisotopic (exact) mass is 136 g/mol. The zero-order chi connectivity index (χ0) is 6.97. The van der Waals surface area contributed by atoms with Crippen molar-refractivity contribution in [3.8, 4) is 0 Å². The number of rotatable bonds is 0. The van der Waals surface area contributed by atoms with Gasteiger partial charge in [0.05, 0.1) is 0 Å². The molecule has 10 heavy (non-hydrogen) atoms. The molecule has 2 heterocycles. The number of hydrogen-bond donors (Lipinski definition) is 2. The molecule has 2 heteroatoms. The van der Waals surface area contributed by atoms with Crippen LogP contribution in [0.5, 0.6) is 0 Å². The second-order valence-electron chi connectivity index (χ2n) is 2.84. The maximum Gasteiger partial charge on any atom is 0.0309 e. The topological polar surface area (TPSA) is 27.8 Å². The van der Waals surface area contributed by atoms with Crippen molar-refractivity contribution in [1.29, 1.82) is 0 Å². The molecule has 0 aliphatic carbocycles. The minimum Gasteiger partial charge on any atom is -0.365 e. The second kappa shape index (κ2) is 2.13. The predicted octanol–water partition coefficient (Wildman–Crippen LogP) is 1.22. The van der Waals surface area contributed by atoms with Crippen LogP contribution in [-0.4, -0.2) is 11.5 Å². The first-order chi connectivity index (χ1) is 4.88. The van der Waals surface area contributed by atoms with Crippen LogP contribution < -0.4 is 5.32 Å². The van der Waals surface area contributed by atoms with Gasteiger partial charge in [-0.05, 0) is 18.6 Å². The molecule has 0 aromatic carbocycles. The highest BCUT2D eigenvalue weighted by atomic mass is 14.9. The maximum absolute atomic E-state index is 3.40. The summed E-state index contributed by atoms with van der Waals surface area (Å²) in [6.45, 7) is 3.31. The molecule has 1 atom stereocenters. The molecule has 1 aliphatic rings. The lowest BCUT2D eigenvalue weighted by Crippen LogP contribution is -2.26. The van der Waals surface area contributed by atoms with E-state index in [0.717, 1.165) is 13.0 Å². The Morgan fingerprint density at radius 2 is 2.50 bits per heavy atom. The average Bonchev–Trinajstić information content (AvgIpc) is 2.36. The number of fused-ring (bicyclic) bond motifs is 1. The van der Waals surface area contributed by atoms with Gasteiger partial charge in [-0.3, -0.25) is 0 Å². The van der Waals surface area contributed by atoms with Crippen molar-refractivity contribution in [3.05, 3.63) is 23.5 Å². The van der Waals surface area contributed by atoms with Crippen LogP contribution in [-0.2, 0) is 6.42 Å². The standard InChI is InChI=1S/C8H12N2/c1-6-7-2-4-10-8(7)3-5-9-6/h2,4,6,9-10H,3,5H2,1H3. The fraction of sp³-hybridized carbons (Fsp3) is 0.500. The van der Waals surface area contributed by atoms with Crippen LogP contribution in [0.1, 0.15) is 24.2 Å². The first-order valence-electron chi connectivity index (χ1n) is 3.77. The third kappa shape index (κ3) is 0.762. The van der Waals surface area contributed by atoms with Crippen molar-refractivity contribution in [1.82, 2.24) is 10.3 Å². The fourth-order valence-electron chi connectivity index (χ4n) is 1.56. The maximum atomic E-state index is 3.40. The van der Waals surface area contributed by atoms with Crippen LogP contribution in [0.25, 0.3) is 0 Å². The molecule has 2 rings (SSSR count). The Morgan fingerprint density at radius 1 is 1.60 bits per heavy atom. The molecule has 2 N–H and O–H groups in total. The van der Waals surface area contributed by atoms with Crippen LogP contribution in [0.4, 0.5) is 0 Å². The summed E-state index contributed by atoms with van der Waals surface area (Å²) in [7, 11) is 0. The second-order valence-corrected chi connectivity index (χ2v) is 2.84. The van der Waals surface area contributed by atoms with E-state index < -0.39 is 0 Å². The van der Waals surface area contributed by atoms with Gasteiger partial charge in [-0.25, -0.2) is 0 Å². The highest BCUT2D eigenvalue weighted by molar-refractivity contribution is 5.26. The Bertz CT molecular complexity index is 227. The van der Waals surface area contributed by atoms with E-state index in [1.807, 2.05) is 6.20 Å². The van der Waals surface area contributed by atoms with Crippen molar-refractivity contribution in [3.63, 3.8) is 0 Å². The number of aromatic nitrogens is 1. The molecular formula is C8H12N2. The third-order valence-electron chi connectivity index (χ3n) is 2.16. The van der Waals surface area contributed by atoms with Crippen molar-refractivity contribution in [2.24, 2.45) is 0 Å². The summed E-state index contributed by atoms with van der Waals surface area (Å²) in [5, 5.41) is 3.40. The minimum absolute atomic E-state index is 0.537. The van der Waals surface area contributed by atoms with E-state index in [-0.39, 0.29) is 0 Å². The SMILES string of the molecule is CC1NCCc2[nH]ccc21. The van der Waals surface area contributed by atoms with E-state index in [1.54, 1.807) is 0 Å². The fourth-order valence-corrected chi connectivity index (χ4v) is 1.56. The molecule has 0 saturated heterocycles. The smallest absolute Gasteiger partial charge is 0.0309 e. The molecule has 0 saturated carbocycles. The minimum atomic E-state index is 0.537. The summed E-state index contributed by atoms with van der Waals surface area (Å²) in [4.78, 5) is 3.25. The van der Waals surface area contributed by atoms with Gasteiger partial charge in [0.25, 0.3) is 0 Å². The quantitative estimate of drug-likeness (QED) is 0.551. The van der Waals surface area contributed by atoms with E-state index in [2.05, 4.69) is 23.3 Å². The van der Waals surface area contributed by atoms with Crippen LogP contribution in [0.2, 0.25) is 0 Å². The molecule has 0 fully saturated rings. The van der Waals surface area contributed by atoms with Gasteiger partial charge in [0.2, 0.25) is 0 Å². The normalized spacial score (nSPS) is 24.3. The molecule has 0 amide bonds. The Labute approximate surface area is 60.6 Å². The van der Waals surface area contributed by atoms with Gasteiger partial charge in [-0.2, -0.15) is 0 Å². The van der Waals surface area contributed by atoms with Gasteiger partial charge < -0.3 is 10.3 Å². The van der Waals surface area contributed by atoms with Gasteiger partial charge in [0.15, 0.2) is 0 Å². The molecule has 2 nitrogen and oxygen atoms in total. The summed E-state index contributed by atoms with van der Waals surface area (Å²) in [5.74, 6) is 0. The Morgan fingerprint density at radius 3 is 3.30 bits per heavy atom. The van der Waals surface area contributed by atoms with Gasteiger partial charge >= 0.3 is 0 Å². The average molecular weight is 136 g/mol. The summed E-state index contributed by atoms with van der Waals surface area (Å²) in [5.41, 5.74) is 2.84. The van der Waals surface area contributed by atoms with E-state index in [0.29, 0.717) is 6.04 Å². The van der Waals surface area contributed by atoms with Crippen LogP contribution in [0, 0.1) is 0 Å². The Hall–Kier alpha value is -0.760. The molecular weight excluding hydrogens is 124 g/mol. The largest absolute Gasteiger partial charge is 0.365 e. The molecule has 1 aromatic rings. The lowest BCUT2D eigenvalue weighted by Gasteiger charge is -2.19. The van der Waals surface area contributed by atoms with Crippen molar-refractivity contribution < 1.29 is 0 Å². The molecule has 0 spiro atoms. The molecule has 0 radical (unpaired) electrons. The van der Waals surface area contributed by atoms with Crippen LogP contribution in [0.15, 0.2) is 12.3 Å².